The molecule has 1 atom stereocenters. The first-order valence-electron chi connectivity index (χ1n) is 10.3. The number of nitrogens with zero attached hydrogens (tertiary/aromatic N) is 1. The summed E-state index contributed by atoms with van der Waals surface area (Å²) in [5, 5.41) is 9.11. The first kappa shape index (κ1) is 19.9. The molecule has 1 saturated heterocycles. The Morgan fingerprint density at radius 2 is 1.72 bits per heavy atom. The molecule has 2 fully saturated rings. The highest BCUT2D eigenvalue weighted by Gasteiger charge is 2.26. The highest BCUT2D eigenvalue weighted by molar-refractivity contribution is 5.75. The van der Waals surface area contributed by atoms with Crippen molar-refractivity contribution in [2.45, 2.75) is 77.2 Å². The summed E-state index contributed by atoms with van der Waals surface area (Å²) < 4.78 is 0. The second-order valence-corrected chi connectivity index (χ2v) is 7.58. The normalized spacial score (nSPS) is 22.1. The monoisotopic (exact) mass is 352 g/mol. The summed E-state index contributed by atoms with van der Waals surface area (Å²) >= 11 is 0. The fourth-order valence-electron chi connectivity index (χ4n) is 3.74. The van der Waals surface area contributed by atoms with E-state index in [9.17, 15) is 9.59 Å². The lowest BCUT2D eigenvalue weighted by Gasteiger charge is -2.22. The topological polar surface area (TPSA) is 73.5 Å². The fraction of sp³-hybridized carbons (Fsp3) is 0.895. The van der Waals surface area contributed by atoms with Crippen molar-refractivity contribution < 1.29 is 9.59 Å². The van der Waals surface area contributed by atoms with Crippen molar-refractivity contribution in [3.8, 4) is 0 Å². The van der Waals surface area contributed by atoms with Gasteiger partial charge in [0.1, 0.15) is 0 Å². The van der Waals surface area contributed by atoms with Gasteiger partial charge in [-0.1, -0.05) is 45.4 Å². The van der Waals surface area contributed by atoms with Gasteiger partial charge >= 0.3 is 12.1 Å². The van der Waals surface area contributed by atoms with E-state index in [0.29, 0.717) is 18.5 Å². The van der Waals surface area contributed by atoms with E-state index in [0.717, 1.165) is 51.7 Å². The lowest BCUT2D eigenvalue weighted by atomic mass is 9.97. The van der Waals surface area contributed by atoms with Gasteiger partial charge < -0.3 is 20.9 Å². The van der Waals surface area contributed by atoms with Gasteiger partial charge in [0.05, 0.1) is 0 Å². The largest absolute Gasteiger partial charge is 0.338 e. The van der Waals surface area contributed by atoms with E-state index in [1.807, 2.05) is 4.90 Å². The minimum Gasteiger partial charge on any atom is -0.338 e. The van der Waals surface area contributed by atoms with E-state index < -0.39 is 0 Å². The molecule has 1 heterocycles. The molecule has 1 unspecified atom stereocenters. The van der Waals surface area contributed by atoms with Gasteiger partial charge in [-0.25, -0.2) is 9.59 Å². The van der Waals surface area contributed by atoms with Crippen molar-refractivity contribution in [2.75, 3.05) is 26.2 Å². The summed E-state index contributed by atoms with van der Waals surface area (Å²) in [6.45, 7) is 5.04. The van der Waals surface area contributed by atoms with Gasteiger partial charge in [-0.2, -0.15) is 0 Å². The van der Waals surface area contributed by atoms with Crippen LogP contribution in [0.5, 0.6) is 0 Å². The molecule has 1 aliphatic carbocycles. The molecule has 2 rings (SSSR count). The van der Waals surface area contributed by atoms with E-state index >= 15 is 0 Å². The Hall–Kier alpha value is -1.46. The van der Waals surface area contributed by atoms with Crippen LogP contribution in [0.4, 0.5) is 9.59 Å². The van der Waals surface area contributed by atoms with Crippen molar-refractivity contribution in [1.29, 1.82) is 0 Å². The number of unbranched alkanes of at least 4 members (excludes halogenated alkanes) is 1. The number of hydrogen-bond donors (Lipinski definition) is 3. The van der Waals surface area contributed by atoms with E-state index in [1.165, 1.54) is 32.1 Å². The molecule has 0 radical (unpaired) electrons. The van der Waals surface area contributed by atoms with Crippen molar-refractivity contribution in [1.82, 2.24) is 20.9 Å². The molecule has 1 aliphatic heterocycles. The van der Waals surface area contributed by atoms with E-state index in [4.69, 9.17) is 0 Å². The molecule has 0 spiro atoms. The lowest BCUT2D eigenvalue weighted by Crippen LogP contribution is -2.44. The predicted molar refractivity (Wildman–Crippen MR) is 101 cm³/mol. The summed E-state index contributed by atoms with van der Waals surface area (Å²) in [6.07, 6.45) is 11.6. The summed E-state index contributed by atoms with van der Waals surface area (Å²) in [5.74, 6) is 0.361. The van der Waals surface area contributed by atoms with Crippen molar-refractivity contribution >= 4 is 12.1 Å². The van der Waals surface area contributed by atoms with Crippen LogP contribution >= 0.6 is 0 Å². The number of nitrogens with one attached hydrogen (secondary N) is 3. The van der Waals surface area contributed by atoms with Crippen molar-refractivity contribution in [2.24, 2.45) is 5.92 Å². The fourth-order valence-corrected chi connectivity index (χ4v) is 3.74. The van der Waals surface area contributed by atoms with Crippen LogP contribution in [0.25, 0.3) is 0 Å². The number of carbonyl (C=O) groups is 2. The number of carbonyl (C=O) groups excluding carboxylic acids is 2. The number of rotatable bonds is 6. The molecule has 1 saturated carbocycles. The Balaban J connectivity index is 1.61. The van der Waals surface area contributed by atoms with Gasteiger partial charge in [0.2, 0.25) is 0 Å². The van der Waals surface area contributed by atoms with Crippen LogP contribution < -0.4 is 16.0 Å². The van der Waals surface area contributed by atoms with Crippen molar-refractivity contribution in [3.63, 3.8) is 0 Å². The molecule has 0 aromatic rings. The highest BCUT2D eigenvalue weighted by Crippen LogP contribution is 2.17. The molecule has 6 nitrogen and oxygen atoms in total. The third-order valence-electron chi connectivity index (χ3n) is 5.37. The second kappa shape index (κ2) is 11.2. The van der Waals surface area contributed by atoms with Crippen LogP contribution in [0.1, 0.15) is 71.1 Å². The summed E-state index contributed by atoms with van der Waals surface area (Å²) in [6, 6.07) is 0.316. The average Bonchev–Trinajstić information content (AvgIpc) is 3.04. The lowest BCUT2D eigenvalue weighted by molar-refractivity contribution is 0.206. The zero-order valence-corrected chi connectivity index (χ0v) is 15.8. The quantitative estimate of drug-likeness (QED) is 0.642. The van der Waals surface area contributed by atoms with Crippen LogP contribution in [0, 0.1) is 5.92 Å². The number of hydrogen-bond acceptors (Lipinski definition) is 2. The summed E-state index contributed by atoms with van der Waals surface area (Å²) in [7, 11) is 0. The highest BCUT2D eigenvalue weighted by atomic mass is 16.2. The maximum Gasteiger partial charge on any atom is 0.317 e. The molecule has 25 heavy (non-hydrogen) atoms. The summed E-state index contributed by atoms with van der Waals surface area (Å²) in [4.78, 5) is 26.1. The van der Waals surface area contributed by atoms with E-state index in [2.05, 4.69) is 22.9 Å². The molecule has 2 aliphatic rings. The third-order valence-corrected chi connectivity index (χ3v) is 5.37. The molecule has 3 N–H and O–H groups in total. The van der Waals surface area contributed by atoms with E-state index in [1.54, 1.807) is 0 Å². The van der Waals surface area contributed by atoms with Gasteiger partial charge in [-0.05, 0) is 31.6 Å². The minimum atomic E-state index is -0.0450. The molecule has 4 amide bonds. The molecular weight excluding hydrogens is 316 g/mol. The third kappa shape index (κ3) is 7.53. The molecule has 144 valence electrons. The smallest absolute Gasteiger partial charge is 0.317 e. The number of urea groups is 2. The Labute approximate surface area is 152 Å². The number of amides is 4. The van der Waals surface area contributed by atoms with Crippen LogP contribution in [-0.4, -0.2) is 49.2 Å². The SMILES string of the molecule is CCCCNC(=O)N1CCC(CNC(=O)NC2CCCCCCC2)C1. The van der Waals surface area contributed by atoms with E-state index in [-0.39, 0.29) is 12.1 Å². The average molecular weight is 353 g/mol. The van der Waals surface area contributed by atoms with Crippen LogP contribution in [0.15, 0.2) is 0 Å². The Morgan fingerprint density at radius 1 is 1.00 bits per heavy atom. The molecule has 0 aromatic carbocycles. The van der Waals surface area contributed by atoms with Crippen LogP contribution in [-0.2, 0) is 0 Å². The Morgan fingerprint density at radius 3 is 2.44 bits per heavy atom. The first-order chi connectivity index (χ1) is 12.2. The maximum absolute atomic E-state index is 12.1. The standard InChI is InChI=1S/C19H36N4O2/c1-2-3-12-20-19(25)23-13-11-16(15-23)14-21-18(24)22-17-9-7-5-4-6-8-10-17/h16-17H,2-15H2,1H3,(H,20,25)(H2,21,22,24). The van der Waals surface area contributed by atoms with Gasteiger partial charge in [-0.15, -0.1) is 0 Å². The Bertz CT molecular complexity index is 408. The zero-order valence-electron chi connectivity index (χ0n) is 15.8. The molecular formula is C19H36N4O2. The Kier molecular flexibility index (Phi) is 8.91. The van der Waals surface area contributed by atoms with Gasteiger partial charge in [0.15, 0.2) is 0 Å². The molecule has 0 bridgehead atoms. The van der Waals surface area contributed by atoms with Gasteiger partial charge in [0.25, 0.3) is 0 Å². The first-order valence-corrected chi connectivity index (χ1v) is 10.3. The molecule has 6 heteroatoms. The predicted octanol–water partition coefficient (Wildman–Crippen LogP) is 3.23. The second-order valence-electron chi connectivity index (χ2n) is 7.58. The van der Waals surface area contributed by atoms with Crippen LogP contribution in [0.3, 0.4) is 0 Å². The zero-order chi connectivity index (χ0) is 17.9. The summed E-state index contributed by atoms with van der Waals surface area (Å²) in [5.41, 5.74) is 0. The van der Waals surface area contributed by atoms with Gasteiger partial charge in [-0.3, -0.25) is 0 Å². The molecule has 0 aromatic heterocycles. The van der Waals surface area contributed by atoms with Crippen LogP contribution in [0.2, 0.25) is 0 Å². The van der Waals surface area contributed by atoms with Crippen molar-refractivity contribution in [3.05, 3.63) is 0 Å². The number of likely N-dealkylation sites (tertiary alicyclic amines) is 1. The van der Waals surface area contributed by atoms with Gasteiger partial charge in [0, 0.05) is 32.2 Å². The maximum atomic E-state index is 12.1. The minimum absolute atomic E-state index is 0.0370.